The van der Waals surface area contributed by atoms with Crippen molar-refractivity contribution >= 4 is 23.4 Å². The monoisotopic (exact) mass is 217 g/mol. The highest BCUT2D eigenvalue weighted by Crippen LogP contribution is 2.26. The van der Waals surface area contributed by atoms with E-state index >= 15 is 0 Å². The largest absolute Gasteiger partial charge is 0.394 e. The first-order valence-electron chi connectivity index (χ1n) is 3.89. The molecule has 4 heteroatoms. The summed E-state index contributed by atoms with van der Waals surface area (Å²) in [6, 6.07) is 5.26. The first-order chi connectivity index (χ1) is 6.19. The second-order valence-electron chi connectivity index (χ2n) is 2.68. The molecule has 0 aromatic heterocycles. The molecule has 0 heterocycles. The van der Waals surface area contributed by atoms with Gasteiger partial charge in [0.1, 0.15) is 0 Å². The van der Waals surface area contributed by atoms with E-state index in [-0.39, 0.29) is 12.6 Å². The first-order valence-corrected chi connectivity index (χ1v) is 5.49. The van der Waals surface area contributed by atoms with Crippen molar-refractivity contribution in [2.24, 2.45) is 5.73 Å². The maximum atomic E-state index is 8.89. The molecule has 0 aliphatic heterocycles. The van der Waals surface area contributed by atoms with Gasteiger partial charge in [0.2, 0.25) is 0 Å². The Morgan fingerprint density at radius 2 is 2.31 bits per heavy atom. The van der Waals surface area contributed by atoms with E-state index < -0.39 is 0 Å². The predicted octanol–water partition coefficient (Wildman–Crippen LogP) is 2.05. The van der Waals surface area contributed by atoms with E-state index in [0.717, 1.165) is 10.5 Å². The van der Waals surface area contributed by atoms with Crippen LogP contribution in [0.25, 0.3) is 0 Å². The number of hydrogen-bond acceptors (Lipinski definition) is 3. The molecule has 0 aliphatic rings. The van der Waals surface area contributed by atoms with Gasteiger partial charge in [-0.1, -0.05) is 11.6 Å². The lowest BCUT2D eigenvalue weighted by atomic mass is 10.1. The van der Waals surface area contributed by atoms with Gasteiger partial charge in [-0.15, -0.1) is 11.8 Å². The normalized spacial score (nSPS) is 12.9. The molecule has 0 saturated heterocycles. The summed E-state index contributed by atoms with van der Waals surface area (Å²) in [7, 11) is 0. The fourth-order valence-electron chi connectivity index (χ4n) is 1.03. The van der Waals surface area contributed by atoms with E-state index in [9.17, 15) is 0 Å². The molecule has 2 nitrogen and oxygen atoms in total. The van der Waals surface area contributed by atoms with Crippen molar-refractivity contribution in [2.45, 2.75) is 10.9 Å². The highest BCUT2D eigenvalue weighted by Gasteiger charge is 2.09. The number of rotatable bonds is 3. The number of aliphatic hydroxyl groups is 1. The van der Waals surface area contributed by atoms with Gasteiger partial charge in [0.25, 0.3) is 0 Å². The molecule has 0 bridgehead atoms. The van der Waals surface area contributed by atoms with Crippen LogP contribution in [0.2, 0.25) is 5.02 Å². The van der Waals surface area contributed by atoms with Gasteiger partial charge in [0.05, 0.1) is 12.6 Å². The number of halogens is 1. The van der Waals surface area contributed by atoms with Crippen molar-refractivity contribution in [3.05, 3.63) is 28.8 Å². The minimum atomic E-state index is -0.389. The molecule has 1 aromatic carbocycles. The van der Waals surface area contributed by atoms with Gasteiger partial charge >= 0.3 is 0 Å². The lowest BCUT2D eigenvalue weighted by molar-refractivity contribution is 0.268. The van der Waals surface area contributed by atoms with E-state index in [2.05, 4.69) is 0 Å². The van der Waals surface area contributed by atoms with E-state index in [1.807, 2.05) is 18.4 Å². The summed E-state index contributed by atoms with van der Waals surface area (Å²) in [5, 5.41) is 9.50. The van der Waals surface area contributed by atoms with E-state index in [1.165, 1.54) is 0 Å². The predicted molar refractivity (Wildman–Crippen MR) is 57.2 cm³/mol. The van der Waals surface area contributed by atoms with Crippen LogP contribution in [0, 0.1) is 0 Å². The topological polar surface area (TPSA) is 46.2 Å². The van der Waals surface area contributed by atoms with E-state index in [0.29, 0.717) is 5.02 Å². The highest BCUT2D eigenvalue weighted by molar-refractivity contribution is 7.98. The van der Waals surface area contributed by atoms with Crippen LogP contribution in [0.1, 0.15) is 11.6 Å². The molecule has 0 spiro atoms. The Labute approximate surface area is 87.1 Å². The molecular weight excluding hydrogens is 206 g/mol. The molecule has 13 heavy (non-hydrogen) atoms. The molecule has 1 atom stereocenters. The van der Waals surface area contributed by atoms with Gasteiger partial charge in [0, 0.05) is 9.92 Å². The second-order valence-corrected chi connectivity index (χ2v) is 3.96. The molecule has 1 aromatic rings. The molecule has 0 amide bonds. The zero-order chi connectivity index (χ0) is 9.84. The number of benzene rings is 1. The number of hydrogen-bond donors (Lipinski definition) is 2. The standard InChI is InChI=1S/C9H12ClNOS/c1-13-6-2-3-8(10)7(4-6)9(11)5-12/h2-4,9,12H,5,11H2,1H3. The number of thioether (sulfide) groups is 1. The highest BCUT2D eigenvalue weighted by atomic mass is 35.5. The fourth-order valence-corrected chi connectivity index (χ4v) is 1.74. The molecule has 0 fully saturated rings. The van der Waals surface area contributed by atoms with E-state index in [1.54, 1.807) is 17.8 Å². The summed E-state index contributed by atoms with van der Waals surface area (Å²) in [6.07, 6.45) is 1.98. The first kappa shape index (κ1) is 10.9. The van der Waals surface area contributed by atoms with Crippen molar-refractivity contribution in [1.82, 2.24) is 0 Å². The van der Waals surface area contributed by atoms with Gasteiger partial charge in [-0.25, -0.2) is 0 Å². The molecular formula is C9H12ClNOS. The lowest BCUT2D eigenvalue weighted by Gasteiger charge is -2.11. The Morgan fingerprint density at radius 3 is 2.85 bits per heavy atom. The van der Waals surface area contributed by atoms with Crippen LogP contribution < -0.4 is 5.73 Å². The van der Waals surface area contributed by atoms with Crippen molar-refractivity contribution in [3.8, 4) is 0 Å². The van der Waals surface area contributed by atoms with Crippen LogP contribution in [-0.4, -0.2) is 18.0 Å². The Balaban J connectivity index is 3.03. The Bertz CT molecular complexity index is 293. The second kappa shape index (κ2) is 4.86. The maximum absolute atomic E-state index is 8.89. The summed E-state index contributed by atoms with van der Waals surface area (Å²) in [5.74, 6) is 0. The minimum absolute atomic E-state index is 0.0858. The zero-order valence-electron chi connectivity index (χ0n) is 7.33. The summed E-state index contributed by atoms with van der Waals surface area (Å²) in [4.78, 5) is 1.10. The lowest BCUT2D eigenvalue weighted by Crippen LogP contribution is -2.14. The molecule has 0 radical (unpaired) electrons. The van der Waals surface area contributed by atoms with Crippen molar-refractivity contribution < 1.29 is 5.11 Å². The summed E-state index contributed by atoms with van der Waals surface area (Å²) in [6.45, 7) is -0.0858. The van der Waals surface area contributed by atoms with Crippen LogP contribution in [-0.2, 0) is 0 Å². The number of nitrogens with two attached hydrogens (primary N) is 1. The third-order valence-corrected chi connectivity index (χ3v) is 2.87. The molecule has 3 N–H and O–H groups in total. The van der Waals surface area contributed by atoms with Gasteiger partial charge in [0.15, 0.2) is 0 Å². The quantitative estimate of drug-likeness (QED) is 0.762. The van der Waals surface area contributed by atoms with Crippen LogP contribution in [0.15, 0.2) is 23.1 Å². The number of aliphatic hydroxyl groups excluding tert-OH is 1. The van der Waals surface area contributed by atoms with Crippen LogP contribution in [0.5, 0.6) is 0 Å². The van der Waals surface area contributed by atoms with Crippen LogP contribution in [0.4, 0.5) is 0 Å². The van der Waals surface area contributed by atoms with Gasteiger partial charge in [-0.05, 0) is 30.0 Å². The van der Waals surface area contributed by atoms with Crippen LogP contribution in [0.3, 0.4) is 0 Å². The smallest absolute Gasteiger partial charge is 0.0624 e. The van der Waals surface area contributed by atoms with Crippen LogP contribution >= 0.6 is 23.4 Å². The van der Waals surface area contributed by atoms with Crippen molar-refractivity contribution in [3.63, 3.8) is 0 Å². The van der Waals surface area contributed by atoms with Gasteiger partial charge in [-0.2, -0.15) is 0 Å². The average molecular weight is 218 g/mol. The Hall–Kier alpha value is -0.220. The third-order valence-electron chi connectivity index (χ3n) is 1.80. The summed E-state index contributed by atoms with van der Waals surface area (Å²) >= 11 is 7.55. The summed E-state index contributed by atoms with van der Waals surface area (Å²) < 4.78 is 0. The van der Waals surface area contributed by atoms with Crippen molar-refractivity contribution in [1.29, 1.82) is 0 Å². The zero-order valence-corrected chi connectivity index (χ0v) is 8.90. The third kappa shape index (κ3) is 2.61. The molecule has 0 saturated carbocycles. The average Bonchev–Trinajstić information content (AvgIpc) is 2.17. The summed E-state index contributed by atoms with van der Waals surface area (Å²) in [5.41, 5.74) is 6.48. The van der Waals surface area contributed by atoms with Gasteiger partial charge in [-0.3, -0.25) is 0 Å². The molecule has 1 unspecified atom stereocenters. The minimum Gasteiger partial charge on any atom is -0.394 e. The fraction of sp³-hybridized carbons (Fsp3) is 0.333. The van der Waals surface area contributed by atoms with Crippen molar-refractivity contribution in [2.75, 3.05) is 12.9 Å². The Morgan fingerprint density at radius 1 is 1.62 bits per heavy atom. The van der Waals surface area contributed by atoms with E-state index in [4.69, 9.17) is 22.4 Å². The SMILES string of the molecule is CSc1ccc(Cl)c(C(N)CO)c1. The Kier molecular flexibility index (Phi) is 4.06. The molecule has 0 aliphatic carbocycles. The van der Waals surface area contributed by atoms with Gasteiger partial charge < -0.3 is 10.8 Å². The maximum Gasteiger partial charge on any atom is 0.0624 e. The molecule has 1 rings (SSSR count). The molecule has 72 valence electrons.